The molecular formula is C18H30N4O4S. The normalized spacial score (nSPS) is 21.9. The van der Waals surface area contributed by atoms with Gasteiger partial charge in [0, 0.05) is 45.8 Å². The zero-order valence-electron chi connectivity index (χ0n) is 16.3. The van der Waals surface area contributed by atoms with Crippen LogP contribution in [0.2, 0.25) is 0 Å². The van der Waals surface area contributed by atoms with Gasteiger partial charge in [0.1, 0.15) is 5.69 Å². The number of aryl methyl sites for hydroxylation is 1. The molecule has 0 N–H and O–H groups in total. The summed E-state index contributed by atoms with van der Waals surface area (Å²) in [5, 5.41) is 4.68. The highest BCUT2D eigenvalue weighted by molar-refractivity contribution is 7.89. The van der Waals surface area contributed by atoms with E-state index < -0.39 is 10.0 Å². The van der Waals surface area contributed by atoms with Crippen LogP contribution >= 0.6 is 0 Å². The van der Waals surface area contributed by atoms with Crippen molar-refractivity contribution in [2.45, 2.75) is 45.1 Å². The fourth-order valence-electron chi connectivity index (χ4n) is 3.89. The summed E-state index contributed by atoms with van der Waals surface area (Å²) in [6, 6.07) is 1.87. The fraction of sp³-hybridized carbons (Fsp3) is 0.778. The number of amides is 1. The fourth-order valence-corrected chi connectivity index (χ4v) is 5.48. The molecule has 0 spiro atoms. The molecule has 8 nitrogen and oxygen atoms in total. The number of hydrogen-bond donors (Lipinski definition) is 0. The van der Waals surface area contributed by atoms with Crippen molar-refractivity contribution in [2.75, 3.05) is 45.6 Å². The molecule has 1 saturated heterocycles. The molecule has 3 heterocycles. The summed E-state index contributed by atoms with van der Waals surface area (Å²) in [6.45, 7) is 5.41. The summed E-state index contributed by atoms with van der Waals surface area (Å²) in [5.74, 6) is 0.214. The molecule has 2 aliphatic heterocycles. The standard InChI is InChI=1S/C18H30N4O4S/c1-3-12-27(24,25)21-8-4-6-15(14-21)16-13-17-18(23)20(10-11-26-2)7-5-9-22(17)19-16/h13,15H,3-12,14H2,1-2H3. The molecule has 1 unspecified atom stereocenters. The van der Waals surface area contributed by atoms with Gasteiger partial charge in [0.05, 0.1) is 18.1 Å². The van der Waals surface area contributed by atoms with Crippen LogP contribution in [0.5, 0.6) is 0 Å². The molecule has 0 radical (unpaired) electrons. The summed E-state index contributed by atoms with van der Waals surface area (Å²) in [4.78, 5) is 14.7. The number of carbonyl (C=O) groups is 1. The number of piperidine rings is 1. The van der Waals surface area contributed by atoms with E-state index >= 15 is 0 Å². The Balaban J connectivity index is 1.77. The van der Waals surface area contributed by atoms with Crippen LogP contribution in [-0.2, 0) is 21.3 Å². The second-order valence-electron chi connectivity index (χ2n) is 7.33. The van der Waals surface area contributed by atoms with Gasteiger partial charge in [0.2, 0.25) is 10.0 Å². The molecule has 0 bridgehead atoms. The Morgan fingerprint density at radius 1 is 1.26 bits per heavy atom. The molecule has 3 rings (SSSR count). The number of sulfonamides is 1. The molecule has 2 aliphatic rings. The molecule has 9 heteroatoms. The summed E-state index contributed by atoms with van der Waals surface area (Å²) in [6.07, 6.45) is 3.19. The van der Waals surface area contributed by atoms with Gasteiger partial charge in [0.25, 0.3) is 5.91 Å². The maximum Gasteiger partial charge on any atom is 0.272 e. The molecule has 1 fully saturated rings. The quantitative estimate of drug-likeness (QED) is 0.691. The predicted octanol–water partition coefficient (Wildman–Crippen LogP) is 1.29. The first-order valence-corrected chi connectivity index (χ1v) is 11.4. The van der Waals surface area contributed by atoms with Crippen LogP contribution in [0.25, 0.3) is 0 Å². The van der Waals surface area contributed by atoms with Gasteiger partial charge in [-0.25, -0.2) is 12.7 Å². The summed E-state index contributed by atoms with van der Waals surface area (Å²) in [7, 11) is -1.57. The van der Waals surface area contributed by atoms with E-state index in [1.54, 1.807) is 16.1 Å². The molecule has 0 saturated carbocycles. The monoisotopic (exact) mass is 398 g/mol. The number of carbonyl (C=O) groups excluding carboxylic acids is 1. The molecule has 152 valence electrons. The Morgan fingerprint density at radius 3 is 2.81 bits per heavy atom. The SMILES string of the molecule is CCCS(=O)(=O)N1CCCC(c2cc3n(n2)CCCN(CCOC)C3=O)C1. The minimum atomic E-state index is -3.20. The van der Waals surface area contributed by atoms with Crippen LogP contribution < -0.4 is 0 Å². The first-order valence-electron chi connectivity index (χ1n) is 9.80. The molecular weight excluding hydrogens is 368 g/mol. The van der Waals surface area contributed by atoms with Gasteiger partial charge in [-0.1, -0.05) is 6.92 Å². The minimum Gasteiger partial charge on any atom is -0.383 e. The lowest BCUT2D eigenvalue weighted by atomic mass is 9.96. The van der Waals surface area contributed by atoms with Gasteiger partial charge in [-0.15, -0.1) is 0 Å². The maximum absolute atomic E-state index is 12.9. The van der Waals surface area contributed by atoms with Gasteiger partial charge in [-0.2, -0.15) is 5.10 Å². The third kappa shape index (κ3) is 4.52. The molecule has 1 atom stereocenters. The number of aromatic nitrogens is 2. The van der Waals surface area contributed by atoms with Crippen molar-refractivity contribution in [3.63, 3.8) is 0 Å². The van der Waals surface area contributed by atoms with Gasteiger partial charge in [-0.3, -0.25) is 9.48 Å². The highest BCUT2D eigenvalue weighted by Crippen LogP contribution is 2.29. The van der Waals surface area contributed by atoms with E-state index in [-0.39, 0.29) is 17.6 Å². The van der Waals surface area contributed by atoms with Crippen LogP contribution in [0.1, 0.15) is 54.7 Å². The van der Waals surface area contributed by atoms with E-state index in [4.69, 9.17) is 4.74 Å². The van der Waals surface area contributed by atoms with E-state index in [0.29, 0.717) is 51.4 Å². The lowest BCUT2D eigenvalue weighted by Crippen LogP contribution is -2.40. The summed E-state index contributed by atoms with van der Waals surface area (Å²) >= 11 is 0. The van der Waals surface area contributed by atoms with Crippen molar-refractivity contribution in [1.29, 1.82) is 0 Å². The molecule has 1 aromatic heterocycles. The molecule has 0 aliphatic carbocycles. The summed E-state index contributed by atoms with van der Waals surface area (Å²) < 4.78 is 33.4. The average molecular weight is 399 g/mol. The van der Waals surface area contributed by atoms with E-state index in [1.807, 2.05) is 17.9 Å². The van der Waals surface area contributed by atoms with E-state index in [9.17, 15) is 13.2 Å². The number of nitrogens with zero attached hydrogens (tertiary/aromatic N) is 4. The maximum atomic E-state index is 12.9. The summed E-state index contributed by atoms with van der Waals surface area (Å²) in [5.41, 5.74) is 1.44. The highest BCUT2D eigenvalue weighted by atomic mass is 32.2. The Bertz CT molecular complexity index is 761. The number of rotatable bonds is 7. The predicted molar refractivity (Wildman–Crippen MR) is 102 cm³/mol. The van der Waals surface area contributed by atoms with Gasteiger partial charge >= 0.3 is 0 Å². The van der Waals surface area contributed by atoms with E-state index in [0.717, 1.165) is 25.0 Å². The molecule has 0 aromatic carbocycles. The van der Waals surface area contributed by atoms with Gasteiger partial charge in [0.15, 0.2) is 0 Å². The zero-order valence-corrected chi connectivity index (χ0v) is 17.1. The molecule has 1 amide bonds. The second kappa shape index (κ2) is 8.70. The zero-order chi connectivity index (χ0) is 19.4. The van der Waals surface area contributed by atoms with E-state index in [2.05, 4.69) is 5.10 Å². The Kier molecular flexibility index (Phi) is 6.54. The third-order valence-electron chi connectivity index (χ3n) is 5.33. The van der Waals surface area contributed by atoms with Crippen molar-refractivity contribution in [1.82, 2.24) is 19.0 Å². The largest absolute Gasteiger partial charge is 0.383 e. The lowest BCUT2D eigenvalue weighted by Gasteiger charge is -2.31. The van der Waals surface area contributed by atoms with Crippen LogP contribution in [0.4, 0.5) is 0 Å². The Labute approximate surface area is 161 Å². The van der Waals surface area contributed by atoms with Crippen molar-refractivity contribution in [3.05, 3.63) is 17.5 Å². The van der Waals surface area contributed by atoms with Crippen molar-refractivity contribution in [3.8, 4) is 0 Å². The van der Waals surface area contributed by atoms with Crippen molar-refractivity contribution >= 4 is 15.9 Å². The average Bonchev–Trinajstić information content (AvgIpc) is 3.02. The van der Waals surface area contributed by atoms with Gasteiger partial charge in [-0.05, 0) is 31.7 Å². The first-order chi connectivity index (χ1) is 13.0. The third-order valence-corrected chi connectivity index (χ3v) is 7.37. The van der Waals surface area contributed by atoms with Crippen LogP contribution in [0, 0.1) is 0 Å². The van der Waals surface area contributed by atoms with Crippen molar-refractivity contribution < 1.29 is 17.9 Å². The van der Waals surface area contributed by atoms with Crippen molar-refractivity contribution in [2.24, 2.45) is 0 Å². The number of ether oxygens (including phenoxy) is 1. The second-order valence-corrected chi connectivity index (χ2v) is 9.42. The topological polar surface area (TPSA) is 84.7 Å². The number of hydrogen-bond acceptors (Lipinski definition) is 5. The van der Waals surface area contributed by atoms with E-state index in [1.165, 1.54) is 0 Å². The number of fused-ring (bicyclic) bond motifs is 1. The Hall–Kier alpha value is -1.45. The first kappa shape index (κ1) is 20.3. The minimum absolute atomic E-state index is 0.0189. The Morgan fingerprint density at radius 2 is 2.07 bits per heavy atom. The smallest absolute Gasteiger partial charge is 0.272 e. The highest BCUT2D eigenvalue weighted by Gasteiger charge is 2.32. The van der Waals surface area contributed by atoms with Gasteiger partial charge < -0.3 is 9.64 Å². The van der Waals surface area contributed by atoms with Crippen LogP contribution in [0.15, 0.2) is 6.07 Å². The molecule has 27 heavy (non-hydrogen) atoms. The van der Waals surface area contributed by atoms with Crippen LogP contribution in [-0.4, -0.2) is 79.0 Å². The van der Waals surface area contributed by atoms with Crippen LogP contribution in [0.3, 0.4) is 0 Å². The molecule has 1 aromatic rings. The number of methoxy groups -OCH3 is 1. The lowest BCUT2D eigenvalue weighted by molar-refractivity contribution is 0.0698.